The molecule has 0 N–H and O–H groups in total. The van der Waals surface area contributed by atoms with Crippen molar-refractivity contribution in [3.8, 4) is 0 Å². The van der Waals surface area contributed by atoms with Gasteiger partial charge in [0.15, 0.2) is 11.2 Å². The van der Waals surface area contributed by atoms with Gasteiger partial charge in [-0.3, -0.25) is 9.59 Å². The van der Waals surface area contributed by atoms with Crippen LogP contribution in [0.2, 0.25) is 0 Å². The lowest BCUT2D eigenvalue weighted by Crippen LogP contribution is -2.35. The highest BCUT2D eigenvalue weighted by Crippen LogP contribution is 2.14. The molecule has 116 valence electrons. The molecule has 0 spiro atoms. The fourth-order valence-electron chi connectivity index (χ4n) is 2.86. The summed E-state index contributed by atoms with van der Waals surface area (Å²) in [6.07, 6.45) is 0.942. The van der Waals surface area contributed by atoms with Crippen molar-refractivity contribution in [3.63, 3.8) is 0 Å². The molecule has 1 aliphatic heterocycles. The fourth-order valence-corrected chi connectivity index (χ4v) is 2.86. The molecule has 1 aliphatic rings. The molecular weight excluding hydrogens is 280 g/mol. The maximum atomic E-state index is 12.6. The molecule has 2 aromatic rings. The lowest BCUT2D eigenvalue weighted by molar-refractivity contribution is 0.0730. The quantitative estimate of drug-likeness (QED) is 0.851. The lowest BCUT2D eigenvalue weighted by atomic mass is 10.2. The molecule has 5 nitrogen and oxygen atoms in total. The highest BCUT2D eigenvalue weighted by Gasteiger charge is 2.22. The molecule has 3 rings (SSSR count). The summed E-state index contributed by atoms with van der Waals surface area (Å²) in [5.74, 6) is -0.0607. The van der Waals surface area contributed by atoms with Crippen molar-refractivity contribution < 1.29 is 9.21 Å². The Morgan fingerprint density at radius 2 is 2.00 bits per heavy atom. The molecule has 1 amide bonds. The fraction of sp³-hybridized carbons (Fsp3) is 0.412. The van der Waals surface area contributed by atoms with E-state index < -0.39 is 0 Å². The molecule has 0 unspecified atom stereocenters. The second-order valence-corrected chi connectivity index (χ2v) is 5.55. The summed E-state index contributed by atoms with van der Waals surface area (Å²) < 4.78 is 5.65. The summed E-state index contributed by atoms with van der Waals surface area (Å²) in [7, 11) is 0. The number of para-hydroxylation sites is 1. The smallest absolute Gasteiger partial charge is 0.289 e. The number of hydrogen-bond donors (Lipinski definition) is 0. The van der Waals surface area contributed by atoms with Crippen molar-refractivity contribution >= 4 is 16.9 Å². The van der Waals surface area contributed by atoms with Crippen molar-refractivity contribution in [2.75, 3.05) is 32.7 Å². The number of amides is 1. The molecule has 22 heavy (non-hydrogen) atoms. The van der Waals surface area contributed by atoms with Gasteiger partial charge in [-0.05, 0) is 31.6 Å². The van der Waals surface area contributed by atoms with Crippen molar-refractivity contribution in [2.24, 2.45) is 0 Å². The zero-order valence-electron chi connectivity index (χ0n) is 12.7. The van der Waals surface area contributed by atoms with Gasteiger partial charge in [-0.25, -0.2) is 0 Å². The lowest BCUT2D eigenvalue weighted by Gasteiger charge is -2.20. The van der Waals surface area contributed by atoms with Crippen LogP contribution in [0.3, 0.4) is 0 Å². The average Bonchev–Trinajstić information content (AvgIpc) is 2.79. The summed E-state index contributed by atoms with van der Waals surface area (Å²) in [4.78, 5) is 28.8. The van der Waals surface area contributed by atoms with E-state index in [1.165, 1.54) is 6.07 Å². The van der Waals surface area contributed by atoms with E-state index in [1.807, 2.05) is 0 Å². The summed E-state index contributed by atoms with van der Waals surface area (Å²) in [5.41, 5.74) is 0.290. The first-order valence-electron chi connectivity index (χ1n) is 7.73. The maximum absolute atomic E-state index is 12.6. The van der Waals surface area contributed by atoms with Gasteiger partial charge >= 0.3 is 0 Å². The Morgan fingerprint density at radius 3 is 2.82 bits per heavy atom. The monoisotopic (exact) mass is 300 g/mol. The third kappa shape index (κ3) is 2.90. The number of rotatable bonds is 2. The van der Waals surface area contributed by atoms with Gasteiger partial charge in [-0.2, -0.15) is 0 Å². The predicted octanol–water partition coefficient (Wildman–Crippen LogP) is 1.96. The van der Waals surface area contributed by atoms with Gasteiger partial charge in [0.1, 0.15) is 5.58 Å². The molecule has 0 radical (unpaired) electrons. The van der Waals surface area contributed by atoms with Gasteiger partial charge in [-0.1, -0.05) is 19.1 Å². The number of fused-ring (bicyclic) bond motifs is 1. The van der Waals surface area contributed by atoms with Gasteiger partial charge in [0, 0.05) is 25.7 Å². The van der Waals surface area contributed by atoms with E-state index in [9.17, 15) is 9.59 Å². The Hall–Kier alpha value is -2.14. The number of nitrogens with zero attached hydrogens (tertiary/aromatic N) is 2. The maximum Gasteiger partial charge on any atom is 0.289 e. The van der Waals surface area contributed by atoms with Gasteiger partial charge in [0.05, 0.1) is 5.39 Å². The zero-order chi connectivity index (χ0) is 15.5. The van der Waals surface area contributed by atoms with E-state index in [0.29, 0.717) is 24.1 Å². The molecule has 2 heterocycles. The Labute approximate surface area is 129 Å². The van der Waals surface area contributed by atoms with Gasteiger partial charge in [0.25, 0.3) is 5.91 Å². The van der Waals surface area contributed by atoms with Crippen molar-refractivity contribution in [2.45, 2.75) is 13.3 Å². The second kappa shape index (κ2) is 6.32. The van der Waals surface area contributed by atoms with Crippen LogP contribution in [0, 0.1) is 0 Å². The Morgan fingerprint density at radius 1 is 1.18 bits per heavy atom. The Kier molecular flexibility index (Phi) is 4.24. The topological polar surface area (TPSA) is 53.8 Å². The Bertz CT molecular complexity index is 738. The zero-order valence-corrected chi connectivity index (χ0v) is 12.7. The number of hydrogen-bond acceptors (Lipinski definition) is 4. The van der Waals surface area contributed by atoms with Crippen LogP contribution < -0.4 is 5.43 Å². The number of benzene rings is 1. The van der Waals surface area contributed by atoms with E-state index in [1.54, 1.807) is 29.2 Å². The first-order valence-corrected chi connectivity index (χ1v) is 7.73. The largest absolute Gasteiger partial charge is 0.451 e. The second-order valence-electron chi connectivity index (χ2n) is 5.55. The van der Waals surface area contributed by atoms with E-state index in [-0.39, 0.29) is 17.1 Å². The number of likely N-dealkylation sites (N-methyl/N-ethyl adjacent to an activating group) is 1. The molecule has 1 aromatic carbocycles. The molecular formula is C17H20N2O3. The minimum absolute atomic E-state index is 0.133. The molecule has 0 saturated carbocycles. The highest BCUT2D eigenvalue weighted by atomic mass is 16.3. The van der Waals surface area contributed by atoms with Crippen LogP contribution in [0.4, 0.5) is 0 Å². The van der Waals surface area contributed by atoms with Crippen LogP contribution in [0.15, 0.2) is 39.5 Å². The SMILES string of the molecule is CCN1CCCN(C(=O)c2cc(=O)c3ccccc3o2)CC1. The van der Waals surface area contributed by atoms with E-state index in [2.05, 4.69) is 11.8 Å². The normalized spacial score (nSPS) is 16.7. The summed E-state index contributed by atoms with van der Waals surface area (Å²) in [5, 5.41) is 0.507. The summed E-state index contributed by atoms with van der Waals surface area (Å²) >= 11 is 0. The minimum Gasteiger partial charge on any atom is -0.451 e. The van der Waals surface area contributed by atoms with E-state index >= 15 is 0 Å². The van der Waals surface area contributed by atoms with E-state index in [4.69, 9.17) is 4.42 Å². The average molecular weight is 300 g/mol. The van der Waals surface area contributed by atoms with Crippen LogP contribution in [0.5, 0.6) is 0 Å². The molecule has 1 fully saturated rings. The predicted molar refractivity (Wildman–Crippen MR) is 85.1 cm³/mol. The minimum atomic E-state index is -0.194. The van der Waals surface area contributed by atoms with Crippen molar-refractivity contribution in [1.82, 2.24) is 9.80 Å². The molecule has 0 atom stereocenters. The highest BCUT2D eigenvalue weighted by molar-refractivity contribution is 5.93. The number of carbonyl (C=O) groups is 1. The Balaban J connectivity index is 1.87. The van der Waals surface area contributed by atoms with Crippen LogP contribution in [0.25, 0.3) is 11.0 Å². The van der Waals surface area contributed by atoms with E-state index in [0.717, 1.165) is 26.1 Å². The van der Waals surface area contributed by atoms with Gasteiger partial charge in [0.2, 0.25) is 0 Å². The first-order chi connectivity index (χ1) is 10.7. The summed E-state index contributed by atoms with van der Waals surface area (Å²) in [6.45, 7) is 6.35. The summed E-state index contributed by atoms with van der Waals surface area (Å²) in [6, 6.07) is 8.32. The molecule has 1 saturated heterocycles. The number of carbonyl (C=O) groups excluding carboxylic acids is 1. The first kappa shape index (κ1) is 14.8. The third-order valence-corrected chi connectivity index (χ3v) is 4.17. The van der Waals surface area contributed by atoms with Crippen LogP contribution in [-0.2, 0) is 0 Å². The van der Waals surface area contributed by atoms with Gasteiger partial charge in [-0.15, -0.1) is 0 Å². The molecule has 0 aliphatic carbocycles. The third-order valence-electron chi connectivity index (χ3n) is 4.17. The molecule has 5 heteroatoms. The van der Waals surface area contributed by atoms with Gasteiger partial charge < -0.3 is 14.2 Å². The van der Waals surface area contributed by atoms with Crippen LogP contribution >= 0.6 is 0 Å². The molecule has 0 bridgehead atoms. The van der Waals surface area contributed by atoms with Crippen LogP contribution in [0.1, 0.15) is 23.9 Å². The standard InChI is InChI=1S/C17H20N2O3/c1-2-18-8-5-9-19(11-10-18)17(21)16-12-14(20)13-6-3-4-7-15(13)22-16/h3-4,6-7,12H,2,5,8-11H2,1H3. The molecule has 1 aromatic heterocycles. The van der Waals surface area contributed by atoms with Crippen molar-refractivity contribution in [3.05, 3.63) is 46.3 Å². The van der Waals surface area contributed by atoms with Crippen molar-refractivity contribution in [1.29, 1.82) is 0 Å². The van der Waals surface area contributed by atoms with Crippen LogP contribution in [-0.4, -0.2) is 48.4 Å².